The van der Waals surface area contributed by atoms with Crippen molar-refractivity contribution in [1.82, 2.24) is 29.9 Å². The lowest BCUT2D eigenvalue weighted by Gasteiger charge is -2.08. The first-order chi connectivity index (χ1) is 16.2. The lowest BCUT2D eigenvalue weighted by molar-refractivity contribution is 0.498. The molecule has 0 radical (unpaired) electrons. The standard InChI is InChI=1S/C24H24FN7S/c1-15(12-20-30-17-8-2-3-9-18(17)31-20)6-4-10-21-32-22-23(28-14-29-24(22)33-21)27-13-19-16(25)7-5-11-26-19/h2-3,5,7-9,11,14-15H,4,6,10,12-13H2,1H3,(H,30,31)(H,27,28,29). The van der Waals surface area contributed by atoms with Crippen LogP contribution in [0.25, 0.3) is 21.4 Å². The van der Waals surface area contributed by atoms with Crippen molar-refractivity contribution in [2.45, 2.75) is 39.2 Å². The Balaban J connectivity index is 1.18. The van der Waals surface area contributed by atoms with Crippen LogP contribution in [0.5, 0.6) is 0 Å². The molecule has 0 saturated carbocycles. The van der Waals surface area contributed by atoms with Crippen LogP contribution in [0, 0.1) is 11.7 Å². The van der Waals surface area contributed by atoms with Gasteiger partial charge in [-0.25, -0.2) is 24.3 Å². The summed E-state index contributed by atoms with van der Waals surface area (Å²) in [5.41, 5.74) is 3.18. The molecular weight excluding hydrogens is 437 g/mol. The van der Waals surface area contributed by atoms with Gasteiger partial charge >= 0.3 is 0 Å². The van der Waals surface area contributed by atoms with E-state index in [1.807, 2.05) is 18.2 Å². The highest BCUT2D eigenvalue weighted by Gasteiger charge is 2.13. The number of imidazole rings is 1. The van der Waals surface area contributed by atoms with Crippen molar-refractivity contribution < 1.29 is 4.39 Å². The number of hydrogen-bond acceptors (Lipinski definition) is 7. The number of aryl methyl sites for hydroxylation is 1. The first-order valence-electron chi connectivity index (χ1n) is 11.0. The smallest absolute Gasteiger partial charge is 0.157 e. The molecule has 0 aliphatic heterocycles. The molecule has 9 heteroatoms. The summed E-state index contributed by atoms with van der Waals surface area (Å²) in [4.78, 5) is 26.4. The maximum atomic E-state index is 13.9. The summed E-state index contributed by atoms with van der Waals surface area (Å²) in [5.74, 6) is 1.82. The minimum Gasteiger partial charge on any atom is -0.362 e. The van der Waals surface area contributed by atoms with Crippen molar-refractivity contribution in [2.24, 2.45) is 5.92 Å². The van der Waals surface area contributed by atoms with Crippen LogP contribution in [0.2, 0.25) is 0 Å². The van der Waals surface area contributed by atoms with Crippen LogP contribution < -0.4 is 5.32 Å². The van der Waals surface area contributed by atoms with E-state index in [9.17, 15) is 4.39 Å². The van der Waals surface area contributed by atoms with Gasteiger partial charge in [-0.05, 0) is 49.4 Å². The van der Waals surface area contributed by atoms with E-state index in [4.69, 9.17) is 4.98 Å². The summed E-state index contributed by atoms with van der Waals surface area (Å²) >= 11 is 1.58. The van der Waals surface area contributed by atoms with Gasteiger partial charge in [-0.15, -0.1) is 0 Å². The predicted molar refractivity (Wildman–Crippen MR) is 129 cm³/mol. The Labute approximate surface area is 194 Å². The maximum absolute atomic E-state index is 13.9. The number of pyridine rings is 1. The molecule has 0 amide bonds. The lowest BCUT2D eigenvalue weighted by Crippen LogP contribution is -2.06. The summed E-state index contributed by atoms with van der Waals surface area (Å²) in [6.07, 6.45) is 7.03. The van der Waals surface area contributed by atoms with E-state index < -0.39 is 0 Å². The second-order valence-electron chi connectivity index (χ2n) is 8.17. The zero-order valence-electron chi connectivity index (χ0n) is 18.3. The number of nitrogens with one attached hydrogen (secondary N) is 2. The second kappa shape index (κ2) is 9.58. The lowest BCUT2D eigenvalue weighted by atomic mass is 10.0. The molecule has 0 bridgehead atoms. The average molecular weight is 462 g/mol. The highest BCUT2D eigenvalue weighted by molar-refractivity contribution is 7.18. The van der Waals surface area contributed by atoms with E-state index in [1.54, 1.807) is 23.6 Å². The minimum atomic E-state index is -0.342. The Morgan fingerprint density at radius 2 is 2.00 bits per heavy atom. The van der Waals surface area contributed by atoms with Gasteiger partial charge in [0.2, 0.25) is 0 Å². The molecule has 5 rings (SSSR count). The fraction of sp³-hybridized carbons (Fsp3) is 0.292. The highest BCUT2D eigenvalue weighted by atomic mass is 32.1. The molecule has 1 atom stereocenters. The number of nitrogens with zero attached hydrogens (tertiary/aromatic N) is 5. The molecule has 33 heavy (non-hydrogen) atoms. The van der Waals surface area contributed by atoms with Crippen LogP contribution >= 0.6 is 11.3 Å². The Morgan fingerprint density at radius 1 is 1.09 bits per heavy atom. The molecule has 0 aliphatic rings. The van der Waals surface area contributed by atoms with E-state index in [0.717, 1.165) is 57.9 Å². The van der Waals surface area contributed by atoms with Gasteiger partial charge in [0.1, 0.15) is 28.3 Å². The van der Waals surface area contributed by atoms with Gasteiger partial charge in [-0.1, -0.05) is 30.4 Å². The molecule has 5 aromatic rings. The van der Waals surface area contributed by atoms with Gasteiger partial charge in [0.05, 0.1) is 28.3 Å². The quantitative estimate of drug-likeness (QED) is 0.309. The Kier molecular flexibility index (Phi) is 6.21. The molecule has 0 spiro atoms. The number of hydrogen-bond donors (Lipinski definition) is 2. The van der Waals surface area contributed by atoms with E-state index in [-0.39, 0.29) is 12.4 Å². The third-order valence-corrected chi connectivity index (χ3v) is 6.59. The van der Waals surface area contributed by atoms with Gasteiger partial charge in [0.15, 0.2) is 5.82 Å². The van der Waals surface area contributed by atoms with Crippen molar-refractivity contribution in [2.75, 3.05) is 5.32 Å². The van der Waals surface area contributed by atoms with Crippen molar-refractivity contribution in [3.8, 4) is 0 Å². The van der Waals surface area contributed by atoms with Crippen LogP contribution in [0.15, 0.2) is 48.9 Å². The largest absolute Gasteiger partial charge is 0.362 e. The Morgan fingerprint density at radius 3 is 2.88 bits per heavy atom. The third kappa shape index (κ3) is 4.98. The molecule has 0 fully saturated rings. The first kappa shape index (κ1) is 21.4. The van der Waals surface area contributed by atoms with Gasteiger partial charge in [-0.2, -0.15) is 0 Å². The molecule has 1 unspecified atom stereocenters. The second-order valence-corrected chi connectivity index (χ2v) is 9.23. The fourth-order valence-electron chi connectivity index (χ4n) is 3.89. The monoisotopic (exact) mass is 461 g/mol. The zero-order valence-corrected chi connectivity index (χ0v) is 19.1. The van der Waals surface area contributed by atoms with Crippen LogP contribution in [-0.4, -0.2) is 29.9 Å². The van der Waals surface area contributed by atoms with Crippen LogP contribution in [0.3, 0.4) is 0 Å². The maximum Gasteiger partial charge on any atom is 0.157 e. The number of aromatic nitrogens is 6. The molecule has 1 aromatic carbocycles. The normalized spacial score (nSPS) is 12.4. The Bertz CT molecular complexity index is 1350. The van der Waals surface area contributed by atoms with Gasteiger partial charge in [-0.3, -0.25) is 4.98 Å². The van der Waals surface area contributed by atoms with Crippen molar-refractivity contribution in [3.63, 3.8) is 0 Å². The molecule has 0 saturated heterocycles. The third-order valence-electron chi connectivity index (χ3n) is 5.57. The average Bonchev–Trinajstić information content (AvgIpc) is 3.42. The summed E-state index contributed by atoms with van der Waals surface area (Å²) < 4.78 is 13.9. The summed E-state index contributed by atoms with van der Waals surface area (Å²) in [5, 5.41) is 4.19. The fourth-order valence-corrected chi connectivity index (χ4v) is 4.83. The highest BCUT2D eigenvalue weighted by Crippen LogP contribution is 2.26. The topological polar surface area (TPSA) is 92.3 Å². The number of halogens is 1. The molecule has 4 aromatic heterocycles. The SMILES string of the molecule is CC(CCCc1nc2c(NCc3ncccc3F)ncnc2s1)Cc1nc2ccccc2[nH]1. The van der Waals surface area contributed by atoms with Crippen LogP contribution in [-0.2, 0) is 19.4 Å². The number of H-pyrrole nitrogens is 1. The van der Waals surface area contributed by atoms with E-state index in [0.29, 0.717) is 17.4 Å². The molecule has 0 aliphatic carbocycles. The van der Waals surface area contributed by atoms with Crippen LogP contribution in [0.4, 0.5) is 10.2 Å². The van der Waals surface area contributed by atoms with Gasteiger partial charge in [0.25, 0.3) is 0 Å². The number of fused-ring (bicyclic) bond motifs is 2. The number of thiazole rings is 1. The molecule has 7 nitrogen and oxygen atoms in total. The number of rotatable bonds is 9. The number of benzene rings is 1. The minimum absolute atomic E-state index is 0.241. The van der Waals surface area contributed by atoms with Gasteiger partial charge in [0, 0.05) is 12.6 Å². The molecule has 168 valence electrons. The van der Waals surface area contributed by atoms with Crippen molar-refractivity contribution >= 4 is 38.5 Å². The van der Waals surface area contributed by atoms with Crippen molar-refractivity contribution in [3.05, 3.63) is 71.3 Å². The predicted octanol–water partition coefficient (Wildman–Crippen LogP) is 5.31. The van der Waals surface area contributed by atoms with Crippen molar-refractivity contribution in [1.29, 1.82) is 0 Å². The summed E-state index contributed by atoms with van der Waals surface area (Å²) in [7, 11) is 0. The summed E-state index contributed by atoms with van der Waals surface area (Å²) in [6.45, 7) is 2.50. The summed E-state index contributed by atoms with van der Waals surface area (Å²) in [6, 6.07) is 11.1. The molecule has 2 N–H and O–H groups in total. The number of anilines is 1. The number of aromatic amines is 1. The van der Waals surface area contributed by atoms with E-state index in [2.05, 4.69) is 43.2 Å². The molecule has 4 heterocycles. The van der Waals surface area contributed by atoms with Crippen LogP contribution in [0.1, 0.15) is 36.3 Å². The molecular formula is C24H24FN7S. The van der Waals surface area contributed by atoms with E-state index in [1.165, 1.54) is 12.4 Å². The first-order valence-corrected chi connectivity index (χ1v) is 11.8. The Hall–Kier alpha value is -3.46. The number of para-hydroxylation sites is 2. The van der Waals surface area contributed by atoms with Gasteiger partial charge < -0.3 is 10.3 Å². The zero-order chi connectivity index (χ0) is 22.6. The van der Waals surface area contributed by atoms with E-state index >= 15 is 0 Å².